The van der Waals surface area contributed by atoms with Crippen LogP contribution in [-0.2, 0) is 32.2 Å². The summed E-state index contributed by atoms with van der Waals surface area (Å²) in [4.78, 5) is 13.4. The van der Waals surface area contributed by atoms with E-state index >= 15 is 0 Å². The van der Waals surface area contributed by atoms with Crippen LogP contribution in [0.25, 0.3) is 11.1 Å². The van der Waals surface area contributed by atoms with Crippen LogP contribution in [0.4, 0.5) is 13.2 Å². The number of pyridine rings is 1. The zero-order valence-electron chi connectivity index (χ0n) is 19.5. The van der Waals surface area contributed by atoms with Crippen LogP contribution in [-0.4, -0.2) is 34.3 Å². The summed E-state index contributed by atoms with van der Waals surface area (Å²) in [6.45, 7) is 2.03. The van der Waals surface area contributed by atoms with Crippen LogP contribution in [0.1, 0.15) is 42.4 Å². The molecule has 0 unspecified atom stereocenters. The molecule has 1 fully saturated rings. The Morgan fingerprint density at radius 1 is 1.11 bits per heavy atom. The Bertz CT molecular complexity index is 1440. The zero-order chi connectivity index (χ0) is 25.0. The van der Waals surface area contributed by atoms with Crippen LogP contribution in [0, 0.1) is 5.92 Å². The number of hydrogen-bond acceptors (Lipinski definition) is 5. The van der Waals surface area contributed by atoms with Crippen molar-refractivity contribution in [3.8, 4) is 11.1 Å². The molecule has 0 saturated heterocycles. The fraction of sp³-hybridized carbons (Fsp3) is 0.375. The first-order valence-corrected chi connectivity index (χ1v) is 11.2. The molecule has 1 aliphatic rings. The average molecular weight is 483 g/mol. The molecule has 5 rings (SSSR count). The largest absolute Gasteiger partial charge is 0.417 e. The number of aromatic nitrogens is 7. The molecule has 0 radical (unpaired) electrons. The number of hydrogen-bond donors (Lipinski definition) is 0. The van der Waals surface area contributed by atoms with Gasteiger partial charge in [0.15, 0.2) is 0 Å². The molecular weight excluding hydrogens is 459 g/mol. The van der Waals surface area contributed by atoms with Gasteiger partial charge in [-0.25, -0.2) is 0 Å². The Labute approximate surface area is 199 Å². The van der Waals surface area contributed by atoms with Gasteiger partial charge in [0.2, 0.25) is 0 Å². The van der Waals surface area contributed by atoms with E-state index in [2.05, 4.69) is 27.4 Å². The second-order valence-electron chi connectivity index (χ2n) is 9.40. The van der Waals surface area contributed by atoms with Crippen LogP contribution >= 0.6 is 0 Å². The fourth-order valence-corrected chi connectivity index (χ4v) is 5.14. The molecule has 1 aromatic carbocycles. The highest BCUT2D eigenvalue weighted by Gasteiger charge is 2.48. The minimum atomic E-state index is -4.62. The summed E-state index contributed by atoms with van der Waals surface area (Å²) in [5.74, 6) is 1.27. The molecule has 1 aliphatic carbocycles. The lowest BCUT2D eigenvalue weighted by atomic mass is 9.58. The third kappa shape index (κ3) is 4.04. The number of nitrogens with zero attached hydrogens (tertiary/aromatic N) is 7. The number of benzene rings is 1. The van der Waals surface area contributed by atoms with Gasteiger partial charge in [0, 0.05) is 32.1 Å². The molecule has 1 saturated carbocycles. The molecule has 3 aromatic heterocycles. The van der Waals surface area contributed by atoms with E-state index in [4.69, 9.17) is 0 Å². The molecule has 35 heavy (non-hydrogen) atoms. The second kappa shape index (κ2) is 8.17. The topological polar surface area (TPSA) is 83.4 Å². The van der Waals surface area contributed by atoms with Gasteiger partial charge in [0.25, 0.3) is 5.56 Å². The van der Waals surface area contributed by atoms with E-state index < -0.39 is 22.7 Å². The number of halogens is 3. The lowest BCUT2D eigenvalue weighted by Crippen LogP contribution is -2.43. The maximum absolute atomic E-state index is 13.8. The third-order valence-electron chi connectivity index (χ3n) is 6.66. The molecule has 4 aromatic rings. The molecule has 0 amide bonds. The first-order valence-electron chi connectivity index (χ1n) is 11.2. The van der Waals surface area contributed by atoms with Gasteiger partial charge in [-0.2, -0.15) is 13.2 Å². The summed E-state index contributed by atoms with van der Waals surface area (Å²) in [5, 5.41) is 16.1. The predicted molar refractivity (Wildman–Crippen MR) is 121 cm³/mol. The summed E-state index contributed by atoms with van der Waals surface area (Å²) in [5.41, 5.74) is -0.142. The molecule has 0 bridgehead atoms. The van der Waals surface area contributed by atoms with E-state index in [1.165, 1.54) is 4.68 Å². The van der Waals surface area contributed by atoms with E-state index in [0.717, 1.165) is 41.1 Å². The van der Waals surface area contributed by atoms with Gasteiger partial charge in [-0.1, -0.05) is 30.3 Å². The standard InChI is InChI=1S/C24H24F3N7O/c1-15-9-23(10-15,22-30-28-14-32(22)2)17-6-4-5-16(7-17)20-8-18(24(25,26)27)11-34(21(20)35)13-19-12-33(3)31-29-19/h4-8,11-12,14-15H,9-10,13H2,1-3H3. The van der Waals surface area contributed by atoms with Gasteiger partial charge in [-0.3, -0.25) is 9.48 Å². The van der Waals surface area contributed by atoms with Crippen molar-refractivity contribution < 1.29 is 13.2 Å². The minimum Gasteiger partial charge on any atom is -0.320 e. The molecule has 11 heteroatoms. The van der Waals surface area contributed by atoms with Gasteiger partial charge >= 0.3 is 6.18 Å². The molecule has 182 valence electrons. The fourth-order valence-electron chi connectivity index (χ4n) is 5.14. The molecule has 0 N–H and O–H groups in total. The highest BCUT2D eigenvalue weighted by Crippen LogP contribution is 2.51. The quantitative estimate of drug-likeness (QED) is 0.434. The van der Waals surface area contributed by atoms with Crippen molar-refractivity contribution in [2.75, 3.05) is 0 Å². The van der Waals surface area contributed by atoms with Crippen molar-refractivity contribution in [2.24, 2.45) is 20.0 Å². The van der Waals surface area contributed by atoms with Crippen molar-refractivity contribution in [3.05, 3.63) is 82.1 Å². The first kappa shape index (κ1) is 23.0. The maximum Gasteiger partial charge on any atom is 0.417 e. The van der Waals surface area contributed by atoms with Gasteiger partial charge in [-0.15, -0.1) is 15.3 Å². The summed E-state index contributed by atoms with van der Waals surface area (Å²) >= 11 is 0. The molecule has 8 nitrogen and oxygen atoms in total. The van der Waals surface area contributed by atoms with Crippen LogP contribution in [0.3, 0.4) is 0 Å². The number of aryl methyl sites for hydroxylation is 2. The van der Waals surface area contributed by atoms with Crippen molar-refractivity contribution in [3.63, 3.8) is 0 Å². The Balaban J connectivity index is 1.63. The van der Waals surface area contributed by atoms with Gasteiger partial charge in [0.1, 0.15) is 17.8 Å². The zero-order valence-corrected chi connectivity index (χ0v) is 19.5. The monoisotopic (exact) mass is 483 g/mol. The maximum atomic E-state index is 13.8. The molecule has 0 aliphatic heterocycles. The van der Waals surface area contributed by atoms with Crippen LogP contribution in [0.15, 0.2) is 53.8 Å². The Kier molecular flexibility index (Phi) is 5.37. The molecule has 0 spiro atoms. The van der Waals surface area contributed by atoms with Crippen LogP contribution in [0.2, 0.25) is 0 Å². The molecule has 3 heterocycles. The lowest BCUT2D eigenvalue weighted by Gasteiger charge is -2.46. The molecular formula is C24H24F3N7O. The molecule has 0 atom stereocenters. The van der Waals surface area contributed by atoms with E-state index in [1.54, 1.807) is 31.7 Å². The smallest absolute Gasteiger partial charge is 0.320 e. The van der Waals surface area contributed by atoms with Gasteiger partial charge < -0.3 is 9.13 Å². The van der Waals surface area contributed by atoms with E-state index in [1.807, 2.05) is 23.7 Å². The third-order valence-corrected chi connectivity index (χ3v) is 6.66. The van der Waals surface area contributed by atoms with E-state index in [9.17, 15) is 18.0 Å². The average Bonchev–Trinajstić information content (AvgIpc) is 3.40. The second-order valence-corrected chi connectivity index (χ2v) is 9.40. The lowest BCUT2D eigenvalue weighted by molar-refractivity contribution is -0.138. The SMILES string of the molecule is CC1CC(c2cccc(-c3cc(C(F)(F)F)cn(Cc4cn(C)nn4)c3=O)c2)(c2nncn2C)C1. The van der Waals surface area contributed by atoms with Crippen molar-refractivity contribution in [2.45, 2.75) is 37.9 Å². The first-order chi connectivity index (χ1) is 16.6. The summed E-state index contributed by atoms with van der Waals surface area (Å²) in [7, 11) is 3.53. The normalized spacial score (nSPS) is 20.1. The summed E-state index contributed by atoms with van der Waals surface area (Å²) in [6, 6.07) is 8.12. The Morgan fingerprint density at radius 2 is 1.89 bits per heavy atom. The van der Waals surface area contributed by atoms with Crippen molar-refractivity contribution in [1.82, 2.24) is 34.3 Å². The Morgan fingerprint density at radius 3 is 2.49 bits per heavy atom. The highest BCUT2D eigenvalue weighted by atomic mass is 19.4. The number of rotatable bonds is 5. The summed E-state index contributed by atoms with van der Waals surface area (Å²) < 4.78 is 45.7. The predicted octanol–water partition coefficient (Wildman–Crippen LogP) is 3.56. The highest BCUT2D eigenvalue weighted by molar-refractivity contribution is 5.65. The van der Waals surface area contributed by atoms with Crippen molar-refractivity contribution >= 4 is 0 Å². The van der Waals surface area contributed by atoms with E-state index in [0.29, 0.717) is 17.2 Å². The van der Waals surface area contributed by atoms with Gasteiger partial charge in [0.05, 0.1) is 17.5 Å². The Hall–Kier alpha value is -3.76. The van der Waals surface area contributed by atoms with Crippen LogP contribution in [0.5, 0.6) is 0 Å². The number of alkyl halides is 3. The van der Waals surface area contributed by atoms with Gasteiger partial charge in [-0.05, 0) is 42.0 Å². The van der Waals surface area contributed by atoms with Crippen LogP contribution < -0.4 is 5.56 Å². The van der Waals surface area contributed by atoms with Crippen molar-refractivity contribution in [1.29, 1.82) is 0 Å². The summed E-state index contributed by atoms with van der Waals surface area (Å²) in [6.07, 6.45) is 1.09. The minimum absolute atomic E-state index is 0.0222. The van der Waals surface area contributed by atoms with E-state index in [-0.39, 0.29) is 12.1 Å².